The summed E-state index contributed by atoms with van der Waals surface area (Å²) in [5.41, 5.74) is 2.02. The number of fused-ring (bicyclic) bond motifs is 2. The van der Waals surface area contributed by atoms with Gasteiger partial charge in [-0.1, -0.05) is 53.5 Å². The third-order valence-electron chi connectivity index (χ3n) is 9.42. The molecule has 4 heterocycles. The molecule has 0 saturated carbocycles. The highest BCUT2D eigenvalue weighted by atomic mass is 35.5. The first-order valence-corrected chi connectivity index (χ1v) is 17.0. The molecule has 2 aromatic carbocycles. The molecule has 1 amide bonds. The van der Waals surface area contributed by atoms with Crippen molar-refractivity contribution >= 4 is 51.6 Å². The molecule has 0 radical (unpaired) electrons. The molecule has 1 unspecified atom stereocenters. The van der Waals surface area contributed by atoms with Crippen LogP contribution in [0.2, 0.25) is 10.0 Å². The molecule has 0 spiro atoms. The van der Waals surface area contributed by atoms with Crippen LogP contribution in [-0.2, 0) is 31.5 Å². The summed E-state index contributed by atoms with van der Waals surface area (Å²) in [7, 11) is 3.97. The lowest BCUT2D eigenvalue weighted by atomic mass is 9.99. The number of halogens is 5. The van der Waals surface area contributed by atoms with Gasteiger partial charge in [-0.3, -0.25) is 18.7 Å². The smallest absolute Gasteiger partial charge is 0.451 e. The van der Waals surface area contributed by atoms with Gasteiger partial charge in [0.2, 0.25) is 17.6 Å². The summed E-state index contributed by atoms with van der Waals surface area (Å²) in [4.78, 5) is 49.3. The van der Waals surface area contributed by atoms with E-state index >= 15 is 0 Å². The van der Waals surface area contributed by atoms with Crippen molar-refractivity contribution in [2.45, 2.75) is 43.9 Å². The van der Waals surface area contributed by atoms with Crippen molar-refractivity contribution in [3.63, 3.8) is 0 Å². The Hall–Kier alpha value is -4.99. The van der Waals surface area contributed by atoms with Gasteiger partial charge in [0.1, 0.15) is 11.2 Å². The molecular weight excluding hydrogens is 724 g/mol. The molecule has 52 heavy (non-hydrogen) atoms. The minimum Gasteiger partial charge on any atom is -0.481 e. The van der Waals surface area contributed by atoms with E-state index in [-0.39, 0.29) is 34.1 Å². The minimum atomic E-state index is -4.98. The first-order chi connectivity index (χ1) is 24.8. The molecule has 2 atom stereocenters. The number of methoxy groups -OCH3 is 1. The van der Waals surface area contributed by atoms with Crippen LogP contribution in [0.3, 0.4) is 0 Å². The summed E-state index contributed by atoms with van der Waals surface area (Å²) in [5, 5.41) is 9.38. The SMILES string of the molecule is COc1nc(-c2cccc(-c3cccc(Nc4nc(C(F)(F)F)nc5c4c(=O)n(C)c(=O)n5C)c3Cl)c2Cl)cc2c1C(NC[C@H]1CCC(=O)N1)CC2. The van der Waals surface area contributed by atoms with Crippen LogP contribution in [-0.4, -0.2) is 49.7 Å². The summed E-state index contributed by atoms with van der Waals surface area (Å²) in [6.45, 7) is 0.635. The predicted molar refractivity (Wildman–Crippen MR) is 190 cm³/mol. The molecule has 1 fully saturated rings. The van der Waals surface area contributed by atoms with E-state index in [2.05, 4.69) is 25.9 Å². The average molecular weight is 756 g/mol. The number of amides is 1. The predicted octanol–water partition coefficient (Wildman–Crippen LogP) is 5.69. The maximum atomic E-state index is 13.9. The Morgan fingerprint density at radius 3 is 2.35 bits per heavy atom. The van der Waals surface area contributed by atoms with Crippen molar-refractivity contribution in [2.24, 2.45) is 14.1 Å². The number of ether oxygens (including phenoxy) is 1. The summed E-state index contributed by atoms with van der Waals surface area (Å²) in [6.07, 6.45) is -2.06. The van der Waals surface area contributed by atoms with Gasteiger partial charge in [-0.2, -0.15) is 13.2 Å². The Bertz CT molecular complexity index is 2400. The number of nitrogens with zero attached hydrogens (tertiary/aromatic N) is 5. The van der Waals surface area contributed by atoms with Crippen molar-refractivity contribution < 1.29 is 22.7 Å². The topological polar surface area (TPSA) is 145 Å². The maximum Gasteiger partial charge on any atom is 0.451 e. The maximum absolute atomic E-state index is 13.9. The molecule has 1 aliphatic carbocycles. The van der Waals surface area contributed by atoms with E-state index in [1.807, 2.05) is 12.1 Å². The van der Waals surface area contributed by atoms with E-state index in [0.717, 1.165) is 39.5 Å². The number of benzene rings is 2. The van der Waals surface area contributed by atoms with Crippen molar-refractivity contribution in [3.8, 4) is 28.3 Å². The van der Waals surface area contributed by atoms with Gasteiger partial charge in [0.25, 0.3) is 5.56 Å². The molecule has 0 bridgehead atoms. The van der Waals surface area contributed by atoms with Crippen molar-refractivity contribution in [2.75, 3.05) is 19.0 Å². The van der Waals surface area contributed by atoms with Crippen LogP contribution in [0, 0.1) is 0 Å². The molecule has 7 rings (SSSR count). The van der Waals surface area contributed by atoms with Gasteiger partial charge in [-0.15, -0.1) is 0 Å². The van der Waals surface area contributed by atoms with Gasteiger partial charge in [0, 0.05) is 61.4 Å². The average Bonchev–Trinajstić information content (AvgIpc) is 3.74. The van der Waals surface area contributed by atoms with E-state index in [4.69, 9.17) is 32.9 Å². The molecule has 1 aliphatic heterocycles. The summed E-state index contributed by atoms with van der Waals surface area (Å²) >= 11 is 14.0. The molecule has 270 valence electrons. The Balaban J connectivity index is 1.25. The van der Waals surface area contributed by atoms with E-state index in [9.17, 15) is 27.6 Å². The molecule has 2 aliphatic rings. The van der Waals surface area contributed by atoms with Gasteiger partial charge in [0.05, 0.1) is 28.5 Å². The number of aromatic nitrogens is 5. The summed E-state index contributed by atoms with van der Waals surface area (Å²) in [5.74, 6) is -1.51. The molecule has 12 nitrogen and oxygen atoms in total. The van der Waals surface area contributed by atoms with Gasteiger partial charge >= 0.3 is 11.9 Å². The van der Waals surface area contributed by atoms with Crippen LogP contribution in [0.4, 0.5) is 24.7 Å². The second-order valence-electron chi connectivity index (χ2n) is 12.6. The number of anilines is 2. The molecule has 1 saturated heterocycles. The number of hydrogen-bond donors (Lipinski definition) is 3. The highest BCUT2D eigenvalue weighted by Crippen LogP contribution is 2.44. The Morgan fingerprint density at radius 2 is 1.65 bits per heavy atom. The zero-order chi connectivity index (χ0) is 37.1. The zero-order valence-electron chi connectivity index (χ0n) is 28.0. The van der Waals surface area contributed by atoms with Gasteiger partial charge < -0.3 is 20.7 Å². The number of nitrogens with one attached hydrogen (secondary N) is 3. The van der Waals surface area contributed by atoms with Crippen molar-refractivity contribution in [3.05, 3.63) is 90.3 Å². The molecular formula is C35H31Cl2F3N8O4. The molecule has 3 N–H and O–H groups in total. The number of hydrogen-bond acceptors (Lipinski definition) is 9. The number of rotatable bonds is 8. The lowest BCUT2D eigenvalue weighted by molar-refractivity contribution is -0.144. The Labute approximate surface area is 304 Å². The third kappa shape index (κ3) is 6.26. The lowest BCUT2D eigenvalue weighted by Crippen LogP contribution is -2.38. The van der Waals surface area contributed by atoms with E-state index in [1.165, 1.54) is 20.2 Å². The van der Waals surface area contributed by atoms with Crippen molar-refractivity contribution in [1.82, 2.24) is 34.7 Å². The van der Waals surface area contributed by atoms with E-state index in [0.29, 0.717) is 46.3 Å². The monoisotopic (exact) mass is 754 g/mol. The quantitative estimate of drug-likeness (QED) is 0.182. The lowest BCUT2D eigenvalue weighted by Gasteiger charge is -2.20. The minimum absolute atomic E-state index is 0.00383. The van der Waals surface area contributed by atoms with Crippen LogP contribution < -0.4 is 31.9 Å². The second-order valence-corrected chi connectivity index (χ2v) is 13.4. The molecule has 17 heteroatoms. The molecule has 5 aromatic rings. The van der Waals surface area contributed by atoms with E-state index in [1.54, 1.807) is 31.4 Å². The molecule has 3 aromatic heterocycles. The van der Waals surface area contributed by atoms with Crippen LogP contribution in [0.1, 0.15) is 42.3 Å². The fraction of sp³-hybridized carbons (Fsp3) is 0.314. The normalized spacial score (nSPS) is 17.0. The van der Waals surface area contributed by atoms with Crippen LogP contribution in [0.15, 0.2) is 52.1 Å². The fourth-order valence-corrected chi connectivity index (χ4v) is 7.40. The standard InChI is InChI=1S/C35H31Cl2F3N8O4/c1-47-30-26(32(50)48(2)34(47)51)29(45-33(46-30)35(38,39)40)43-22-9-5-7-19(28(22)37)18-6-4-8-20(27(18)36)23-14-16-10-12-21(25(16)31(44-23)52-3)41-15-17-11-13-24(49)42-17/h4-9,14,17,21,41H,10-13,15H2,1-3H3,(H,42,49)(H,43,45,46)/t17-,21?/m1/s1. The Kier molecular flexibility index (Phi) is 9.21. The first kappa shape index (κ1) is 35.4. The number of carbonyl (C=O) groups excluding carboxylic acids is 1. The van der Waals surface area contributed by atoms with Crippen LogP contribution >= 0.6 is 23.2 Å². The van der Waals surface area contributed by atoms with Crippen LogP contribution in [0.5, 0.6) is 5.88 Å². The highest BCUT2D eigenvalue weighted by Gasteiger charge is 2.37. The fourth-order valence-electron chi connectivity index (χ4n) is 6.80. The van der Waals surface area contributed by atoms with Gasteiger partial charge in [0.15, 0.2) is 5.65 Å². The number of aryl methyl sites for hydroxylation is 2. The second kappa shape index (κ2) is 13.5. The highest BCUT2D eigenvalue weighted by molar-refractivity contribution is 6.39. The first-order valence-electron chi connectivity index (χ1n) is 16.3. The number of carbonyl (C=O) groups is 1. The van der Waals surface area contributed by atoms with Crippen molar-refractivity contribution in [1.29, 1.82) is 0 Å². The third-order valence-corrected chi connectivity index (χ3v) is 10.2. The number of pyridine rings is 1. The summed E-state index contributed by atoms with van der Waals surface area (Å²) in [6, 6.07) is 12.2. The zero-order valence-corrected chi connectivity index (χ0v) is 29.5. The Morgan fingerprint density at radius 1 is 0.942 bits per heavy atom. The van der Waals surface area contributed by atoms with Crippen LogP contribution in [0.25, 0.3) is 33.4 Å². The van der Waals surface area contributed by atoms with E-state index < -0.39 is 34.7 Å². The number of alkyl halides is 3. The summed E-state index contributed by atoms with van der Waals surface area (Å²) < 4.78 is 49.0. The van der Waals surface area contributed by atoms with Gasteiger partial charge in [-0.05, 0) is 37.0 Å². The largest absolute Gasteiger partial charge is 0.481 e. The van der Waals surface area contributed by atoms with Gasteiger partial charge in [-0.25, -0.2) is 19.7 Å².